The number of aryl methyl sites for hydroxylation is 2. The lowest BCUT2D eigenvalue weighted by Crippen LogP contribution is -2.13. The molecule has 0 saturated heterocycles. The van der Waals surface area contributed by atoms with E-state index >= 15 is 0 Å². The molecular formula is C18H21N5O3S2. The van der Waals surface area contributed by atoms with Crippen molar-refractivity contribution in [3.05, 3.63) is 45.1 Å². The zero-order chi connectivity index (χ0) is 20.4. The summed E-state index contributed by atoms with van der Waals surface area (Å²) in [5, 5.41) is 9.29. The molecule has 8 nitrogen and oxygen atoms in total. The number of fused-ring (bicyclic) bond motifs is 1. The van der Waals surface area contributed by atoms with E-state index in [2.05, 4.69) is 26.7 Å². The van der Waals surface area contributed by atoms with Gasteiger partial charge >= 0.3 is 5.97 Å². The van der Waals surface area contributed by atoms with E-state index in [0.29, 0.717) is 33.0 Å². The Kier molecular flexibility index (Phi) is 5.99. The van der Waals surface area contributed by atoms with E-state index in [1.165, 1.54) is 23.1 Å². The van der Waals surface area contributed by atoms with Crippen molar-refractivity contribution >= 4 is 39.3 Å². The molecule has 28 heavy (non-hydrogen) atoms. The lowest BCUT2D eigenvalue weighted by atomic mass is 10.2. The molecule has 3 heterocycles. The van der Waals surface area contributed by atoms with E-state index in [9.17, 15) is 9.59 Å². The van der Waals surface area contributed by atoms with Gasteiger partial charge < -0.3 is 14.3 Å². The molecule has 1 atom stereocenters. The molecule has 1 N–H and O–H groups in total. The van der Waals surface area contributed by atoms with Crippen LogP contribution in [0.15, 0.2) is 22.6 Å². The molecule has 3 aromatic rings. The highest BCUT2D eigenvalue weighted by Crippen LogP contribution is 2.34. The van der Waals surface area contributed by atoms with Gasteiger partial charge in [-0.05, 0) is 33.3 Å². The number of carbonyl (C=O) groups is 1. The van der Waals surface area contributed by atoms with Crippen LogP contribution in [0, 0.1) is 13.8 Å². The lowest BCUT2D eigenvalue weighted by molar-refractivity contribution is 0.0531. The van der Waals surface area contributed by atoms with Crippen LogP contribution in [0.5, 0.6) is 0 Å². The van der Waals surface area contributed by atoms with Crippen LogP contribution in [0.4, 0.5) is 0 Å². The Morgan fingerprint density at radius 1 is 1.43 bits per heavy atom. The van der Waals surface area contributed by atoms with Gasteiger partial charge in [-0.2, -0.15) is 0 Å². The number of thiophene rings is 1. The third-order valence-electron chi connectivity index (χ3n) is 4.16. The average molecular weight is 420 g/mol. The molecule has 10 heteroatoms. The second-order valence-corrected chi connectivity index (χ2v) is 8.40. The number of nitrogens with one attached hydrogen (secondary N) is 1. The smallest absolute Gasteiger partial charge is 0.348 e. The fourth-order valence-corrected chi connectivity index (χ4v) is 4.79. The van der Waals surface area contributed by atoms with Crippen LogP contribution in [-0.4, -0.2) is 37.3 Å². The summed E-state index contributed by atoms with van der Waals surface area (Å²) in [6.07, 6.45) is 1.78. The van der Waals surface area contributed by atoms with Crippen molar-refractivity contribution in [3.8, 4) is 0 Å². The Hall–Kier alpha value is -2.46. The summed E-state index contributed by atoms with van der Waals surface area (Å²) in [5.41, 5.74) is 0.334. The molecule has 3 rings (SSSR count). The zero-order valence-corrected chi connectivity index (χ0v) is 17.7. The molecule has 0 aliphatic rings. The lowest BCUT2D eigenvalue weighted by Gasteiger charge is -2.11. The Balaban J connectivity index is 1.96. The SMILES string of the molecule is C=CCn1c(C)nnc1S[C@@H](C)c1nc2sc(C(=O)OCC)c(C)c2c(=O)[nH]1. The fourth-order valence-electron chi connectivity index (χ4n) is 2.75. The number of hydrogen-bond donors (Lipinski definition) is 1. The first-order chi connectivity index (χ1) is 13.4. The topological polar surface area (TPSA) is 103 Å². The van der Waals surface area contributed by atoms with Gasteiger partial charge in [0.05, 0.1) is 17.2 Å². The second-order valence-electron chi connectivity index (χ2n) is 6.10. The van der Waals surface area contributed by atoms with Crippen molar-refractivity contribution in [2.75, 3.05) is 6.61 Å². The van der Waals surface area contributed by atoms with Crippen molar-refractivity contribution in [1.82, 2.24) is 24.7 Å². The first-order valence-corrected chi connectivity index (χ1v) is 10.4. The van der Waals surface area contributed by atoms with Crippen LogP contribution in [0.25, 0.3) is 10.2 Å². The highest BCUT2D eigenvalue weighted by atomic mass is 32.2. The molecule has 0 aliphatic heterocycles. The molecule has 148 valence electrons. The van der Waals surface area contributed by atoms with Gasteiger partial charge in [0.15, 0.2) is 5.16 Å². The molecule has 0 bridgehead atoms. The summed E-state index contributed by atoms with van der Waals surface area (Å²) in [7, 11) is 0. The molecule has 0 spiro atoms. The average Bonchev–Trinajstić information content (AvgIpc) is 3.17. The number of allylic oxidation sites excluding steroid dienone is 1. The van der Waals surface area contributed by atoms with Crippen molar-refractivity contribution < 1.29 is 9.53 Å². The van der Waals surface area contributed by atoms with E-state index in [1.54, 1.807) is 19.9 Å². The standard InChI is InChI=1S/C18H21N5O3S2/c1-6-8-23-11(5)21-22-18(23)27-10(4)14-19-15(24)12-9(3)13(17(25)26-7-2)28-16(12)20-14/h6,10H,1,7-8H2,2-5H3,(H,19,20,24)/t10-/m0/s1. The van der Waals surface area contributed by atoms with E-state index in [0.717, 1.165) is 11.0 Å². The third kappa shape index (κ3) is 3.74. The minimum Gasteiger partial charge on any atom is -0.462 e. The van der Waals surface area contributed by atoms with Crippen LogP contribution in [0.2, 0.25) is 0 Å². The summed E-state index contributed by atoms with van der Waals surface area (Å²) in [6, 6.07) is 0. The number of carbonyl (C=O) groups excluding carboxylic acids is 1. The summed E-state index contributed by atoms with van der Waals surface area (Å²) in [6.45, 7) is 11.9. The summed E-state index contributed by atoms with van der Waals surface area (Å²) in [5.74, 6) is 0.879. The summed E-state index contributed by atoms with van der Waals surface area (Å²) >= 11 is 2.63. The summed E-state index contributed by atoms with van der Waals surface area (Å²) in [4.78, 5) is 33.1. The number of aromatic nitrogens is 5. The Morgan fingerprint density at radius 2 is 2.18 bits per heavy atom. The number of H-pyrrole nitrogens is 1. The molecule has 0 aliphatic carbocycles. The minimum absolute atomic E-state index is 0.169. The Labute approximate surface area is 170 Å². The molecule has 0 aromatic carbocycles. The van der Waals surface area contributed by atoms with Crippen molar-refractivity contribution in [1.29, 1.82) is 0 Å². The largest absolute Gasteiger partial charge is 0.462 e. The van der Waals surface area contributed by atoms with Gasteiger partial charge in [-0.15, -0.1) is 28.1 Å². The number of thioether (sulfide) groups is 1. The first-order valence-electron chi connectivity index (χ1n) is 8.75. The molecule has 3 aromatic heterocycles. The quantitative estimate of drug-likeness (QED) is 0.356. The first kappa shape index (κ1) is 20.3. The zero-order valence-electron chi connectivity index (χ0n) is 16.1. The van der Waals surface area contributed by atoms with Crippen LogP contribution < -0.4 is 5.56 Å². The van der Waals surface area contributed by atoms with Gasteiger partial charge in [0.25, 0.3) is 5.56 Å². The number of ether oxygens (including phenoxy) is 1. The number of nitrogens with zero attached hydrogens (tertiary/aromatic N) is 4. The second kappa shape index (κ2) is 8.27. The molecule has 0 unspecified atom stereocenters. The highest BCUT2D eigenvalue weighted by molar-refractivity contribution is 7.99. The fraction of sp³-hybridized carbons (Fsp3) is 0.389. The molecule has 0 amide bonds. The molecule has 0 radical (unpaired) electrons. The van der Waals surface area contributed by atoms with E-state index in [-0.39, 0.29) is 17.4 Å². The van der Waals surface area contributed by atoms with Gasteiger partial charge in [0, 0.05) is 6.54 Å². The molecule has 0 saturated carbocycles. The molecular weight excluding hydrogens is 398 g/mol. The van der Waals surface area contributed by atoms with Crippen LogP contribution in [0.3, 0.4) is 0 Å². The maximum Gasteiger partial charge on any atom is 0.348 e. The Bertz CT molecular complexity index is 1100. The number of aromatic amines is 1. The van der Waals surface area contributed by atoms with Crippen molar-refractivity contribution in [2.24, 2.45) is 0 Å². The van der Waals surface area contributed by atoms with Gasteiger partial charge in [-0.1, -0.05) is 17.8 Å². The van der Waals surface area contributed by atoms with Crippen LogP contribution >= 0.6 is 23.1 Å². The van der Waals surface area contributed by atoms with Gasteiger partial charge in [-0.3, -0.25) is 4.79 Å². The van der Waals surface area contributed by atoms with Gasteiger partial charge in [-0.25, -0.2) is 9.78 Å². The van der Waals surface area contributed by atoms with Crippen molar-refractivity contribution in [3.63, 3.8) is 0 Å². The number of hydrogen-bond acceptors (Lipinski definition) is 8. The monoisotopic (exact) mass is 419 g/mol. The van der Waals surface area contributed by atoms with Crippen LogP contribution in [0.1, 0.15) is 46.0 Å². The highest BCUT2D eigenvalue weighted by Gasteiger charge is 2.22. The van der Waals surface area contributed by atoms with E-state index in [4.69, 9.17) is 4.74 Å². The maximum absolute atomic E-state index is 12.6. The third-order valence-corrected chi connectivity index (χ3v) is 6.42. The predicted octanol–water partition coefficient (Wildman–Crippen LogP) is 3.41. The number of rotatable bonds is 7. The van der Waals surface area contributed by atoms with E-state index in [1.807, 2.05) is 18.4 Å². The van der Waals surface area contributed by atoms with Gasteiger partial charge in [0.2, 0.25) is 0 Å². The number of esters is 1. The Morgan fingerprint density at radius 3 is 2.86 bits per heavy atom. The van der Waals surface area contributed by atoms with Crippen LogP contribution in [-0.2, 0) is 11.3 Å². The van der Waals surface area contributed by atoms with Crippen molar-refractivity contribution in [2.45, 2.75) is 44.6 Å². The van der Waals surface area contributed by atoms with Gasteiger partial charge in [0.1, 0.15) is 21.4 Å². The minimum atomic E-state index is -0.431. The van der Waals surface area contributed by atoms with E-state index < -0.39 is 5.97 Å². The normalized spacial score (nSPS) is 12.3. The maximum atomic E-state index is 12.6. The summed E-state index contributed by atoms with van der Waals surface area (Å²) < 4.78 is 7.02. The molecule has 0 fully saturated rings. The predicted molar refractivity (Wildman–Crippen MR) is 110 cm³/mol.